The molecule has 1 aromatic rings. The van der Waals surface area contributed by atoms with Gasteiger partial charge in [-0.25, -0.2) is 22.7 Å². The quantitative estimate of drug-likeness (QED) is 0.621. The summed E-state index contributed by atoms with van der Waals surface area (Å²) in [5, 5.41) is 0. The van der Waals surface area contributed by atoms with Crippen LogP contribution in [0.5, 0.6) is 0 Å². The second-order valence-corrected chi connectivity index (χ2v) is 7.10. The van der Waals surface area contributed by atoms with Gasteiger partial charge < -0.3 is 9.47 Å². The Bertz CT molecular complexity index is 723. The number of carbonyl (C=O) groups is 2. The molecule has 1 rings (SSSR count). The summed E-state index contributed by atoms with van der Waals surface area (Å²) >= 11 is 0. The van der Waals surface area contributed by atoms with Gasteiger partial charge in [0.25, 0.3) is 10.0 Å². The number of aryl methyl sites for hydroxylation is 1. The molecule has 2 atom stereocenters. The number of hydrogen-bond acceptors (Lipinski definition) is 6. The monoisotopic (exact) mass is 355 g/mol. The molecule has 1 aromatic carbocycles. The van der Waals surface area contributed by atoms with Crippen molar-refractivity contribution >= 4 is 22.1 Å². The Morgan fingerprint density at radius 2 is 1.58 bits per heavy atom. The van der Waals surface area contributed by atoms with Crippen LogP contribution in [0.4, 0.5) is 4.79 Å². The maximum atomic E-state index is 12.1. The zero-order valence-corrected chi connectivity index (χ0v) is 14.8. The smallest absolute Gasteiger partial charge is 0.421 e. The summed E-state index contributed by atoms with van der Waals surface area (Å²) in [6.45, 7) is 9.74. The Morgan fingerprint density at radius 3 is 2.08 bits per heavy atom. The van der Waals surface area contributed by atoms with Crippen molar-refractivity contribution in [2.24, 2.45) is 0 Å². The van der Waals surface area contributed by atoms with E-state index in [1.165, 1.54) is 32.9 Å². The molecule has 0 saturated heterocycles. The second-order valence-electron chi connectivity index (χ2n) is 5.42. The molecule has 0 bridgehead atoms. The van der Waals surface area contributed by atoms with E-state index in [0.29, 0.717) is 0 Å². The minimum absolute atomic E-state index is 0.0561. The summed E-state index contributed by atoms with van der Waals surface area (Å²) in [6, 6.07) is 5.99. The second kappa shape index (κ2) is 7.96. The van der Waals surface area contributed by atoms with Crippen LogP contribution in [0.15, 0.2) is 41.3 Å². The van der Waals surface area contributed by atoms with E-state index in [1.807, 2.05) is 6.92 Å². The summed E-state index contributed by atoms with van der Waals surface area (Å²) in [5.74, 6) is -0.620. The number of benzene rings is 1. The third-order valence-corrected chi connectivity index (χ3v) is 4.47. The van der Waals surface area contributed by atoms with Crippen LogP contribution in [0.2, 0.25) is 0 Å². The molecule has 0 aliphatic carbocycles. The van der Waals surface area contributed by atoms with Crippen LogP contribution in [0.3, 0.4) is 0 Å². The van der Waals surface area contributed by atoms with Crippen molar-refractivity contribution in [1.29, 1.82) is 0 Å². The van der Waals surface area contributed by atoms with Gasteiger partial charge in [0, 0.05) is 5.57 Å². The van der Waals surface area contributed by atoms with Crippen LogP contribution in [0.25, 0.3) is 0 Å². The van der Waals surface area contributed by atoms with Gasteiger partial charge in [0.05, 0.1) is 4.90 Å². The molecule has 24 heavy (non-hydrogen) atoms. The Labute approximate surface area is 141 Å². The topological polar surface area (TPSA) is 98.8 Å². The summed E-state index contributed by atoms with van der Waals surface area (Å²) in [5.41, 5.74) is 1.10. The number of ether oxygens (including phenoxy) is 2. The number of esters is 1. The largest absolute Gasteiger partial charge is 0.455 e. The summed E-state index contributed by atoms with van der Waals surface area (Å²) in [6.07, 6.45) is -2.76. The molecule has 0 radical (unpaired) electrons. The molecule has 0 spiro atoms. The number of sulfonamides is 1. The van der Waals surface area contributed by atoms with Crippen molar-refractivity contribution in [3.8, 4) is 0 Å². The highest BCUT2D eigenvalue weighted by Gasteiger charge is 2.24. The molecule has 1 amide bonds. The molecule has 0 aliphatic heterocycles. The molecule has 7 nitrogen and oxygen atoms in total. The minimum Gasteiger partial charge on any atom is -0.455 e. The highest BCUT2D eigenvalue weighted by Crippen LogP contribution is 2.11. The average molecular weight is 355 g/mol. The molecule has 1 N–H and O–H groups in total. The molecular formula is C16H21NO6S. The molecule has 2 unspecified atom stereocenters. The fourth-order valence-electron chi connectivity index (χ4n) is 1.54. The van der Waals surface area contributed by atoms with Crippen LogP contribution in [0.1, 0.15) is 26.3 Å². The fourth-order valence-corrected chi connectivity index (χ4v) is 2.42. The van der Waals surface area contributed by atoms with Crippen LogP contribution < -0.4 is 4.72 Å². The Hall–Kier alpha value is -2.35. The Balaban J connectivity index is 2.66. The molecule has 8 heteroatoms. The van der Waals surface area contributed by atoms with Gasteiger partial charge in [-0.3, -0.25) is 0 Å². The van der Waals surface area contributed by atoms with E-state index in [9.17, 15) is 18.0 Å². The average Bonchev–Trinajstić information content (AvgIpc) is 2.46. The predicted molar refractivity (Wildman–Crippen MR) is 87.8 cm³/mol. The van der Waals surface area contributed by atoms with Crippen molar-refractivity contribution in [3.05, 3.63) is 42.0 Å². The van der Waals surface area contributed by atoms with Crippen molar-refractivity contribution in [1.82, 2.24) is 4.72 Å². The summed E-state index contributed by atoms with van der Waals surface area (Å²) in [4.78, 5) is 23.1. The number of rotatable bonds is 6. The predicted octanol–water partition coefficient (Wildman–Crippen LogP) is 2.31. The number of amides is 1. The van der Waals surface area contributed by atoms with Crippen molar-refractivity contribution in [2.45, 2.75) is 44.8 Å². The van der Waals surface area contributed by atoms with Gasteiger partial charge in [-0.15, -0.1) is 0 Å². The first-order valence-electron chi connectivity index (χ1n) is 7.19. The Morgan fingerprint density at radius 1 is 1.08 bits per heavy atom. The molecule has 0 heterocycles. The first kappa shape index (κ1) is 19.7. The highest BCUT2D eigenvalue weighted by molar-refractivity contribution is 7.90. The van der Waals surface area contributed by atoms with E-state index in [1.54, 1.807) is 16.9 Å². The van der Waals surface area contributed by atoms with Crippen LogP contribution in [0, 0.1) is 6.92 Å². The van der Waals surface area contributed by atoms with Crippen molar-refractivity contribution in [2.75, 3.05) is 0 Å². The lowest BCUT2D eigenvalue weighted by Gasteiger charge is -2.20. The van der Waals surface area contributed by atoms with Gasteiger partial charge >= 0.3 is 12.1 Å². The van der Waals surface area contributed by atoms with Crippen molar-refractivity contribution in [3.63, 3.8) is 0 Å². The zero-order chi connectivity index (χ0) is 18.5. The lowest BCUT2D eigenvalue weighted by molar-refractivity contribution is -0.148. The summed E-state index contributed by atoms with van der Waals surface area (Å²) < 4.78 is 35.9. The van der Waals surface area contributed by atoms with Gasteiger partial charge in [0.15, 0.2) is 0 Å². The first-order valence-corrected chi connectivity index (χ1v) is 8.68. The molecule has 0 aromatic heterocycles. The van der Waals surface area contributed by atoms with Gasteiger partial charge in [0.1, 0.15) is 12.2 Å². The molecule has 0 saturated carbocycles. The molecule has 0 fully saturated rings. The molecular weight excluding hydrogens is 334 g/mol. The Kier molecular flexibility index (Phi) is 6.53. The number of nitrogens with one attached hydrogen (secondary N) is 1. The van der Waals surface area contributed by atoms with E-state index in [-0.39, 0.29) is 10.5 Å². The highest BCUT2D eigenvalue weighted by atomic mass is 32.2. The maximum Gasteiger partial charge on any atom is 0.421 e. The van der Waals surface area contributed by atoms with Gasteiger partial charge in [0.2, 0.25) is 0 Å². The standard InChI is InChI=1S/C16H21NO6S/c1-10(2)15(18)22-12(4)13(5)23-16(19)17-24(20,21)14-8-6-11(3)7-9-14/h6-9,12-13H,1H2,2-5H3,(H,17,19). The summed E-state index contributed by atoms with van der Waals surface area (Å²) in [7, 11) is -4.03. The zero-order valence-electron chi connectivity index (χ0n) is 14.0. The van der Waals surface area contributed by atoms with E-state index >= 15 is 0 Å². The van der Waals surface area contributed by atoms with Gasteiger partial charge in [-0.2, -0.15) is 0 Å². The lowest BCUT2D eigenvalue weighted by atomic mass is 10.2. The lowest BCUT2D eigenvalue weighted by Crippen LogP contribution is -2.37. The van der Waals surface area contributed by atoms with Crippen LogP contribution >= 0.6 is 0 Å². The van der Waals surface area contributed by atoms with Gasteiger partial charge in [-0.05, 0) is 39.8 Å². The number of hydrogen-bond donors (Lipinski definition) is 1. The SMILES string of the molecule is C=C(C)C(=O)OC(C)C(C)OC(=O)NS(=O)(=O)c1ccc(C)cc1. The van der Waals surface area contributed by atoms with E-state index in [2.05, 4.69) is 6.58 Å². The van der Waals surface area contributed by atoms with Crippen LogP contribution in [-0.2, 0) is 24.3 Å². The van der Waals surface area contributed by atoms with Crippen molar-refractivity contribution < 1.29 is 27.5 Å². The van der Waals surface area contributed by atoms with E-state index in [4.69, 9.17) is 9.47 Å². The molecule has 0 aliphatic rings. The fraction of sp³-hybridized carbons (Fsp3) is 0.375. The first-order chi connectivity index (χ1) is 11.0. The molecule has 132 valence electrons. The minimum atomic E-state index is -4.03. The van der Waals surface area contributed by atoms with Crippen LogP contribution in [-0.4, -0.2) is 32.7 Å². The van der Waals surface area contributed by atoms with Gasteiger partial charge in [-0.1, -0.05) is 24.3 Å². The number of carbonyl (C=O) groups excluding carboxylic acids is 2. The third kappa shape index (κ3) is 5.69. The maximum absolute atomic E-state index is 12.1. The normalized spacial score (nSPS) is 13.5. The van der Waals surface area contributed by atoms with E-state index in [0.717, 1.165) is 5.56 Å². The third-order valence-electron chi connectivity index (χ3n) is 3.14. The van der Waals surface area contributed by atoms with E-state index < -0.39 is 34.3 Å².